The number of hydrogen-bond donors (Lipinski definition) is 1. The van der Waals surface area contributed by atoms with Crippen molar-refractivity contribution in [2.24, 2.45) is 11.7 Å². The third-order valence-electron chi connectivity index (χ3n) is 5.45. The van der Waals surface area contributed by atoms with Crippen LogP contribution >= 0.6 is 12.4 Å². The molecule has 1 fully saturated rings. The summed E-state index contributed by atoms with van der Waals surface area (Å²) in [4.78, 5) is 14.5. The van der Waals surface area contributed by atoms with E-state index in [4.69, 9.17) is 5.73 Å². The Morgan fingerprint density at radius 3 is 2.39 bits per heavy atom. The maximum absolute atomic E-state index is 12.9. The van der Waals surface area contributed by atoms with Gasteiger partial charge in [-0.15, -0.1) is 12.4 Å². The number of nitrogens with zero attached hydrogens (tertiary/aromatic N) is 2. The van der Waals surface area contributed by atoms with Crippen molar-refractivity contribution in [1.82, 2.24) is 9.21 Å². The van der Waals surface area contributed by atoms with Gasteiger partial charge < -0.3 is 10.6 Å². The molecule has 0 aliphatic carbocycles. The average Bonchev–Trinajstić information content (AvgIpc) is 2.65. The van der Waals surface area contributed by atoms with Crippen molar-refractivity contribution in [3.63, 3.8) is 0 Å². The Balaban J connectivity index is 0.00000392. The van der Waals surface area contributed by atoms with Crippen LogP contribution in [0.2, 0.25) is 0 Å². The van der Waals surface area contributed by atoms with E-state index < -0.39 is 10.0 Å². The second-order valence-corrected chi connectivity index (χ2v) is 9.80. The molecule has 0 spiro atoms. The van der Waals surface area contributed by atoms with E-state index in [1.54, 1.807) is 28.4 Å². The molecular weight excluding hydrogens is 398 g/mol. The van der Waals surface area contributed by atoms with Gasteiger partial charge in [0.05, 0.1) is 4.90 Å². The Labute approximate surface area is 175 Å². The Bertz CT molecular complexity index is 738. The number of amides is 1. The number of carbonyl (C=O) groups is 1. The third kappa shape index (κ3) is 5.92. The highest BCUT2D eigenvalue weighted by Crippen LogP contribution is 2.25. The first-order valence-electron chi connectivity index (χ1n) is 9.77. The molecule has 2 atom stereocenters. The summed E-state index contributed by atoms with van der Waals surface area (Å²) in [6.07, 6.45) is 3.58. The van der Waals surface area contributed by atoms with Crippen molar-refractivity contribution in [2.45, 2.75) is 63.4 Å². The summed E-state index contributed by atoms with van der Waals surface area (Å²) in [7, 11) is -1.77. The van der Waals surface area contributed by atoms with Crippen LogP contribution in [0.15, 0.2) is 29.2 Å². The topological polar surface area (TPSA) is 83.7 Å². The number of hydrogen-bond acceptors (Lipinski definition) is 4. The molecule has 6 nitrogen and oxygen atoms in total. The quantitative estimate of drug-likeness (QED) is 0.718. The lowest BCUT2D eigenvalue weighted by Gasteiger charge is -2.32. The highest BCUT2D eigenvalue weighted by atomic mass is 35.5. The van der Waals surface area contributed by atoms with E-state index in [0.717, 1.165) is 25.7 Å². The number of nitrogens with two attached hydrogens (primary N) is 1. The van der Waals surface area contributed by atoms with E-state index in [2.05, 4.69) is 13.8 Å². The number of carbonyl (C=O) groups excluding carboxylic acids is 1. The third-order valence-corrected chi connectivity index (χ3v) is 7.48. The summed E-state index contributed by atoms with van der Waals surface area (Å²) in [5.41, 5.74) is 6.53. The van der Waals surface area contributed by atoms with Gasteiger partial charge in [-0.3, -0.25) is 4.79 Å². The molecule has 0 saturated carbocycles. The summed E-state index contributed by atoms with van der Waals surface area (Å²) in [5.74, 6) is 0.247. The van der Waals surface area contributed by atoms with Gasteiger partial charge in [0.2, 0.25) is 10.0 Å². The fourth-order valence-corrected chi connectivity index (χ4v) is 5.03. The molecular formula is C20H34ClN3O3S. The average molecular weight is 432 g/mol. The molecule has 1 heterocycles. The Kier molecular flexibility index (Phi) is 9.40. The van der Waals surface area contributed by atoms with E-state index in [1.165, 1.54) is 12.1 Å². The number of halogens is 1. The highest BCUT2D eigenvalue weighted by Gasteiger charge is 2.31. The van der Waals surface area contributed by atoms with Gasteiger partial charge in [-0.1, -0.05) is 20.3 Å². The van der Waals surface area contributed by atoms with Gasteiger partial charge in [-0.2, -0.15) is 4.31 Å². The number of sulfonamides is 1. The van der Waals surface area contributed by atoms with Crippen molar-refractivity contribution in [3.05, 3.63) is 29.8 Å². The van der Waals surface area contributed by atoms with E-state index in [9.17, 15) is 13.2 Å². The van der Waals surface area contributed by atoms with Crippen molar-refractivity contribution in [3.8, 4) is 0 Å². The van der Waals surface area contributed by atoms with E-state index in [0.29, 0.717) is 24.6 Å². The van der Waals surface area contributed by atoms with Crippen LogP contribution in [0, 0.1) is 5.92 Å². The van der Waals surface area contributed by atoms with Crippen LogP contribution in [-0.2, 0) is 10.0 Å². The smallest absolute Gasteiger partial charge is 0.253 e. The van der Waals surface area contributed by atoms with Crippen LogP contribution in [0.5, 0.6) is 0 Å². The molecule has 1 amide bonds. The SMILES string of the molecule is CC(C)C(N)CCN(C)C(=O)c1ccc(S(=O)(=O)N2CCCCC2C)cc1.Cl. The molecule has 0 aromatic heterocycles. The second kappa shape index (κ2) is 10.6. The van der Waals surface area contributed by atoms with E-state index >= 15 is 0 Å². The van der Waals surface area contributed by atoms with Gasteiger partial charge in [0.1, 0.15) is 0 Å². The molecule has 1 aliphatic rings. The summed E-state index contributed by atoms with van der Waals surface area (Å²) in [6, 6.07) is 6.35. The second-order valence-electron chi connectivity index (χ2n) is 7.91. The minimum absolute atomic E-state index is 0. The predicted octanol–water partition coefficient (Wildman–Crippen LogP) is 3.12. The van der Waals surface area contributed by atoms with Crippen LogP contribution in [0.1, 0.15) is 56.8 Å². The van der Waals surface area contributed by atoms with Crippen LogP contribution in [0.4, 0.5) is 0 Å². The molecule has 1 aromatic rings. The minimum Gasteiger partial charge on any atom is -0.342 e. The summed E-state index contributed by atoms with van der Waals surface area (Å²) in [5, 5.41) is 0. The highest BCUT2D eigenvalue weighted by molar-refractivity contribution is 7.89. The van der Waals surface area contributed by atoms with Crippen LogP contribution < -0.4 is 5.73 Å². The lowest BCUT2D eigenvalue weighted by molar-refractivity contribution is 0.0789. The summed E-state index contributed by atoms with van der Waals surface area (Å²) < 4.78 is 27.3. The molecule has 0 radical (unpaired) electrons. The molecule has 2 unspecified atom stereocenters. The van der Waals surface area contributed by atoms with Gasteiger partial charge in [0.15, 0.2) is 0 Å². The summed E-state index contributed by atoms with van der Waals surface area (Å²) >= 11 is 0. The molecule has 1 saturated heterocycles. The van der Waals surface area contributed by atoms with E-state index in [-0.39, 0.29) is 35.3 Å². The Morgan fingerprint density at radius 2 is 1.86 bits per heavy atom. The van der Waals surface area contributed by atoms with Gasteiger partial charge in [-0.25, -0.2) is 8.42 Å². The van der Waals surface area contributed by atoms with Gasteiger partial charge in [-0.05, 0) is 56.4 Å². The molecule has 2 rings (SSSR count). The van der Waals surface area contributed by atoms with Crippen molar-refractivity contribution in [2.75, 3.05) is 20.1 Å². The predicted molar refractivity (Wildman–Crippen MR) is 115 cm³/mol. The molecule has 1 aromatic carbocycles. The Morgan fingerprint density at radius 1 is 1.25 bits per heavy atom. The first kappa shape index (κ1) is 24.9. The number of rotatable bonds is 7. The summed E-state index contributed by atoms with van der Waals surface area (Å²) in [6.45, 7) is 7.21. The molecule has 0 bridgehead atoms. The fraction of sp³-hybridized carbons (Fsp3) is 0.650. The van der Waals surface area contributed by atoms with Gasteiger partial charge in [0, 0.05) is 37.8 Å². The van der Waals surface area contributed by atoms with Crippen LogP contribution in [0.25, 0.3) is 0 Å². The molecule has 160 valence electrons. The normalized spacial score (nSPS) is 19.1. The van der Waals surface area contributed by atoms with Crippen molar-refractivity contribution in [1.29, 1.82) is 0 Å². The lowest BCUT2D eigenvalue weighted by Crippen LogP contribution is -2.41. The zero-order valence-electron chi connectivity index (χ0n) is 17.3. The monoisotopic (exact) mass is 431 g/mol. The minimum atomic E-state index is -3.51. The van der Waals surface area contributed by atoms with Crippen LogP contribution in [0.3, 0.4) is 0 Å². The zero-order valence-corrected chi connectivity index (χ0v) is 18.9. The maximum Gasteiger partial charge on any atom is 0.253 e. The molecule has 28 heavy (non-hydrogen) atoms. The fourth-order valence-electron chi connectivity index (χ4n) is 3.33. The molecule has 2 N–H and O–H groups in total. The molecule has 1 aliphatic heterocycles. The largest absolute Gasteiger partial charge is 0.342 e. The number of piperidine rings is 1. The van der Waals surface area contributed by atoms with Crippen molar-refractivity contribution < 1.29 is 13.2 Å². The first-order valence-corrected chi connectivity index (χ1v) is 11.2. The Hall–Kier alpha value is -1.15. The molecule has 8 heteroatoms. The van der Waals surface area contributed by atoms with Crippen molar-refractivity contribution >= 4 is 28.3 Å². The first-order chi connectivity index (χ1) is 12.6. The van der Waals surface area contributed by atoms with Gasteiger partial charge >= 0.3 is 0 Å². The maximum atomic E-state index is 12.9. The van der Waals surface area contributed by atoms with Crippen LogP contribution in [-0.4, -0.2) is 55.8 Å². The number of benzene rings is 1. The standard InChI is InChI=1S/C20H33N3O3S.ClH/c1-15(2)19(21)12-14-22(4)20(24)17-8-10-18(11-9-17)27(25,26)23-13-6-5-7-16(23)3;/h8-11,15-16,19H,5-7,12-14,21H2,1-4H3;1H. The zero-order chi connectivity index (χ0) is 20.2. The van der Waals surface area contributed by atoms with Gasteiger partial charge in [0.25, 0.3) is 5.91 Å². The van der Waals surface area contributed by atoms with E-state index in [1.807, 2.05) is 6.92 Å². The lowest BCUT2D eigenvalue weighted by atomic mass is 10.0.